The summed E-state index contributed by atoms with van der Waals surface area (Å²) in [6.45, 7) is 5.69. The van der Waals surface area contributed by atoms with Gasteiger partial charge in [-0.15, -0.1) is 0 Å². The van der Waals surface area contributed by atoms with Crippen molar-refractivity contribution in [1.29, 1.82) is 0 Å². The molecule has 0 aliphatic carbocycles. The molecule has 0 radical (unpaired) electrons. The number of fused-ring (bicyclic) bond motifs is 1. The first-order valence-electron chi connectivity index (χ1n) is 8.91. The highest BCUT2D eigenvalue weighted by atomic mass is 16.5. The molecule has 1 atom stereocenters. The van der Waals surface area contributed by atoms with Crippen molar-refractivity contribution in [3.63, 3.8) is 0 Å². The topological polar surface area (TPSA) is 112 Å². The Labute approximate surface area is 157 Å². The molecular formula is C18H24N6O3. The maximum absolute atomic E-state index is 12.5. The Hall–Kier alpha value is -2.94. The van der Waals surface area contributed by atoms with Crippen LogP contribution in [0.15, 0.2) is 25.2 Å². The number of likely N-dealkylation sites (tertiary alicyclic amines) is 1. The van der Waals surface area contributed by atoms with Gasteiger partial charge >= 0.3 is 0 Å². The van der Waals surface area contributed by atoms with E-state index in [-0.39, 0.29) is 17.9 Å². The lowest BCUT2D eigenvalue weighted by Gasteiger charge is -2.32. The average Bonchev–Trinajstić information content (AvgIpc) is 3.13. The number of nitrogens with zero attached hydrogens (tertiary/aromatic N) is 3. The van der Waals surface area contributed by atoms with E-state index in [1.165, 1.54) is 12.4 Å². The highest BCUT2D eigenvalue weighted by molar-refractivity contribution is 6.09. The highest BCUT2D eigenvalue weighted by Crippen LogP contribution is 2.25. The molecular weight excluding hydrogens is 348 g/mol. The van der Waals surface area contributed by atoms with Crippen LogP contribution in [0.5, 0.6) is 0 Å². The number of methoxy groups -OCH3 is 1. The lowest BCUT2D eigenvalue weighted by atomic mass is 10.1. The molecule has 0 bridgehead atoms. The highest BCUT2D eigenvalue weighted by Gasteiger charge is 2.24. The smallest absolute Gasteiger partial charge is 0.253 e. The second-order valence-electron chi connectivity index (χ2n) is 6.37. The van der Waals surface area contributed by atoms with Crippen LogP contribution in [0.4, 0.5) is 5.82 Å². The summed E-state index contributed by atoms with van der Waals surface area (Å²) in [4.78, 5) is 37.7. The van der Waals surface area contributed by atoms with Crippen LogP contribution in [-0.2, 0) is 9.53 Å². The zero-order valence-electron chi connectivity index (χ0n) is 15.3. The van der Waals surface area contributed by atoms with Crippen LogP contribution in [0.3, 0.4) is 0 Å². The first-order chi connectivity index (χ1) is 13.1. The van der Waals surface area contributed by atoms with Crippen molar-refractivity contribution in [3.05, 3.63) is 30.7 Å². The summed E-state index contributed by atoms with van der Waals surface area (Å²) in [5.74, 6) is 0.286. The van der Waals surface area contributed by atoms with Gasteiger partial charge in [-0.05, 0) is 18.9 Å². The minimum absolute atomic E-state index is 0.0417. The van der Waals surface area contributed by atoms with E-state index in [4.69, 9.17) is 4.74 Å². The van der Waals surface area contributed by atoms with E-state index in [0.29, 0.717) is 42.1 Å². The number of anilines is 1. The number of carbonyl (C=O) groups is 2. The lowest BCUT2D eigenvalue weighted by Crippen LogP contribution is -2.44. The summed E-state index contributed by atoms with van der Waals surface area (Å²) in [6, 6.07) is 0.0417. The number of nitrogens with one attached hydrogen (secondary N) is 3. The molecule has 2 aromatic heterocycles. The maximum atomic E-state index is 12.5. The summed E-state index contributed by atoms with van der Waals surface area (Å²) in [7, 11) is 1.58. The third kappa shape index (κ3) is 4.25. The van der Waals surface area contributed by atoms with Crippen LogP contribution in [0, 0.1) is 0 Å². The molecule has 27 heavy (non-hydrogen) atoms. The van der Waals surface area contributed by atoms with Gasteiger partial charge in [0.1, 0.15) is 17.8 Å². The molecule has 9 nitrogen and oxygen atoms in total. The van der Waals surface area contributed by atoms with Crippen LogP contribution in [0.2, 0.25) is 0 Å². The number of ether oxygens (including phenoxy) is 1. The van der Waals surface area contributed by atoms with Gasteiger partial charge in [-0.3, -0.25) is 9.59 Å². The first-order valence-corrected chi connectivity index (χ1v) is 8.91. The molecule has 2 amide bonds. The predicted octanol–water partition coefficient (Wildman–Crippen LogP) is 0.923. The SMILES string of the molecule is C=CC(=O)N1CCC[C@@H](Nc2ncnc3[nH]cc(C(=O)NCCOC)c23)C1. The summed E-state index contributed by atoms with van der Waals surface area (Å²) >= 11 is 0. The molecule has 3 rings (SSSR count). The first kappa shape index (κ1) is 18.8. The monoisotopic (exact) mass is 372 g/mol. The number of H-pyrrole nitrogens is 1. The molecule has 144 valence electrons. The second-order valence-corrected chi connectivity index (χ2v) is 6.37. The van der Waals surface area contributed by atoms with E-state index in [9.17, 15) is 9.59 Å². The van der Waals surface area contributed by atoms with Gasteiger partial charge in [0, 0.05) is 39.0 Å². The summed E-state index contributed by atoms with van der Waals surface area (Å²) in [5.41, 5.74) is 1.05. The fraction of sp³-hybridized carbons (Fsp3) is 0.444. The van der Waals surface area contributed by atoms with Crippen molar-refractivity contribution in [3.8, 4) is 0 Å². The number of carbonyl (C=O) groups excluding carboxylic acids is 2. The van der Waals surface area contributed by atoms with Crippen molar-refractivity contribution in [2.45, 2.75) is 18.9 Å². The van der Waals surface area contributed by atoms with Crippen LogP contribution < -0.4 is 10.6 Å². The fourth-order valence-electron chi connectivity index (χ4n) is 3.23. The number of aromatic nitrogens is 3. The number of aromatic amines is 1. The van der Waals surface area contributed by atoms with Crippen molar-refractivity contribution in [2.75, 3.05) is 38.7 Å². The van der Waals surface area contributed by atoms with E-state index in [1.807, 2.05) is 0 Å². The van der Waals surface area contributed by atoms with Crippen LogP contribution in [0.25, 0.3) is 11.0 Å². The van der Waals surface area contributed by atoms with Crippen molar-refractivity contribution < 1.29 is 14.3 Å². The van der Waals surface area contributed by atoms with E-state index in [2.05, 4.69) is 32.2 Å². The van der Waals surface area contributed by atoms with Gasteiger partial charge < -0.3 is 25.3 Å². The van der Waals surface area contributed by atoms with Gasteiger partial charge in [0.25, 0.3) is 5.91 Å². The molecule has 0 spiro atoms. The molecule has 1 fully saturated rings. The predicted molar refractivity (Wildman–Crippen MR) is 102 cm³/mol. The zero-order chi connectivity index (χ0) is 19.2. The molecule has 0 saturated carbocycles. The summed E-state index contributed by atoms with van der Waals surface area (Å²) < 4.78 is 4.96. The Morgan fingerprint density at radius 1 is 1.48 bits per heavy atom. The number of piperidine rings is 1. The molecule has 3 heterocycles. The molecule has 1 aliphatic heterocycles. The standard InChI is InChI=1S/C18H24N6O3/c1-3-14(25)24-7-4-5-12(10-24)23-17-15-13(18(26)19-6-8-27-2)9-20-16(15)21-11-22-17/h3,9,11-12H,1,4-8,10H2,2H3,(H,19,26)(H2,20,21,22,23)/t12-/m1/s1. The normalized spacial score (nSPS) is 16.9. The number of hydrogen-bond acceptors (Lipinski definition) is 6. The third-order valence-corrected chi connectivity index (χ3v) is 4.55. The Bertz CT molecular complexity index is 834. The molecule has 1 aliphatic rings. The molecule has 2 aromatic rings. The van der Waals surface area contributed by atoms with E-state index in [0.717, 1.165) is 19.4 Å². The minimum Gasteiger partial charge on any atom is -0.383 e. The lowest BCUT2D eigenvalue weighted by molar-refractivity contribution is -0.127. The fourth-order valence-corrected chi connectivity index (χ4v) is 3.23. The van der Waals surface area contributed by atoms with Gasteiger partial charge in [0.05, 0.1) is 17.6 Å². The van der Waals surface area contributed by atoms with Crippen molar-refractivity contribution in [1.82, 2.24) is 25.2 Å². The van der Waals surface area contributed by atoms with Gasteiger partial charge in [-0.1, -0.05) is 6.58 Å². The van der Waals surface area contributed by atoms with E-state index >= 15 is 0 Å². The van der Waals surface area contributed by atoms with Gasteiger partial charge in [-0.25, -0.2) is 9.97 Å². The third-order valence-electron chi connectivity index (χ3n) is 4.55. The zero-order valence-corrected chi connectivity index (χ0v) is 15.3. The molecule has 0 aromatic carbocycles. The number of amides is 2. The Kier molecular flexibility index (Phi) is 6.02. The van der Waals surface area contributed by atoms with Crippen LogP contribution >= 0.6 is 0 Å². The quantitative estimate of drug-likeness (QED) is 0.492. The van der Waals surface area contributed by atoms with E-state index in [1.54, 1.807) is 18.2 Å². The Morgan fingerprint density at radius 3 is 3.11 bits per heavy atom. The molecule has 9 heteroatoms. The molecule has 0 unspecified atom stereocenters. The number of hydrogen-bond donors (Lipinski definition) is 3. The number of rotatable bonds is 7. The van der Waals surface area contributed by atoms with E-state index < -0.39 is 0 Å². The van der Waals surface area contributed by atoms with Crippen LogP contribution in [-0.4, -0.2) is 71.1 Å². The van der Waals surface area contributed by atoms with Gasteiger partial charge in [0.2, 0.25) is 5.91 Å². The minimum atomic E-state index is -0.219. The van der Waals surface area contributed by atoms with Gasteiger partial charge in [0.15, 0.2) is 0 Å². The maximum Gasteiger partial charge on any atom is 0.253 e. The Balaban J connectivity index is 1.80. The summed E-state index contributed by atoms with van der Waals surface area (Å²) in [5, 5.41) is 6.82. The van der Waals surface area contributed by atoms with Crippen molar-refractivity contribution in [2.24, 2.45) is 0 Å². The van der Waals surface area contributed by atoms with Crippen LogP contribution in [0.1, 0.15) is 23.2 Å². The second kappa shape index (κ2) is 8.63. The molecule has 1 saturated heterocycles. The summed E-state index contributed by atoms with van der Waals surface area (Å²) in [6.07, 6.45) is 6.21. The largest absolute Gasteiger partial charge is 0.383 e. The average molecular weight is 372 g/mol. The Morgan fingerprint density at radius 2 is 2.33 bits per heavy atom. The van der Waals surface area contributed by atoms with Gasteiger partial charge in [-0.2, -0.15) is 0 Å². The molecule has 3 N–H and O–H groups in total. The van der Waals surface area contributed by atoms with Crippen molar-refractivity contribution >= 4 is 28.7 Å².